The lowest BCUT2D eigenvalue weighted by Gasteiger charge is -2.20. The van der Waals surface area contributed by atoms with Crippen molar-refractivity contribution >= 4 is 11.6 Å². The number of nitrogen functional groups attached to an aromatic ring is 1. The van der Waals surface area contributed by atoms with Gasteiger partial charge in [-0.1, -0.05) is 6.92 Å². The summed E-state index contributed by atoms with van der Waals surface area (Å²) in [6, 6.07) is 1.88. The lowest BCUT2D eigenvalue weighted by atomic mass is 10.3. The van der Waals surface area contributed by atoms with Gasteiger partial charge in [-0.15, -0.1) is 0 Å². The van der Waals surface area contributed by atoms with E-state index < -0.39 is 0 Å². The summed E-state index contributed by atoms with van der Waals surface area (Å²) < 4.78 is 0. The van der Waals surface area contributed by atoms with E-state index in [-0.39, 0.29) is 0 Å². The Morgan fingerprint density at radius 1 is 1.25 bits per heavy atom. The molecule has 5 heteroatoms. The fraction of sp³-hybridized carbons (Fsp3) is 0.636. The standard InChI is InChI=1S/C11H21N5/c1-4-7-9-13-10(15-12)8-11(14-9)16(5-2)6-3/h8H,4-7,12H2,1-3H3,(H,13,14,15). The fourth-order valence-electron chi connectivity index (χ4n) is 1.60. The number of anilines is 2. The minimum atomic E-state index is 0.681. The summed E-state index contributed by atoms with van der Waals surface area (Å²) in [6.07, 6.45) is 1.91. The van der Waals surface area contributed by atoms with Gasteiger partial charge in [0.05, 0.1) is 0 Å². The zero-order valence-corrected chi connectivity index (χ0v) is 10.3. The highest BCUT2D eigenvalue weighted by Gasteiger charge is 2.08. The molecule has 1 heterocycles. The molecule has 0 bridgehead atoms. The van der Waals surface area contributed by atoms with Crippen molar-refractivity contribution in [2.75, 3.05) is 23.4 Å². The molecule has 0 fully saturated rings. The van der Waals surface area contributed by atoms with Crippen molar-refractivity contribution in [1.29, 1.82) is 0 Å². The average molecular weight is 223 g/mol. The maximum Gasteiger partial charge on any atom is 0.145 e. The SMILES string of the molecule is CCCc1nc(NN)cc(N(CC)CC)n1. The van der Waals surface area contributed by atoms with Gasteiger partial charge in [-0.3, -0.25) is 0 Å². The van der Waals surface area contributed by atoms with Crippen LogP contribution in [-0.2, 0) is 6.42 Å². The molecule has 90 valence electrons. The van der Waals surface area contributed by atoms with Crippen LogP contribution in [0.1, 0.15) is 33.0 Å². The maximum absolute atomic E-state index is 5.41. The molecule has 0 aliphatic rings. The molecule has 0 aliphatic carbocycles. The van der Waals surface area contributed by atoms with Crippen LogP contribution < -0.4 is 16.2 Å². The van der Waals surface area contributed by atoms with Crippen molar-refractivity contribution in [3.8, 4) is 0 Å². The summed E-state index contributed by atoms with van der Waals surface area (Å²) in [4.78, 5) is 11.0. The molecule has 1 rings (SSSR count). The number of hydrazine groups is 1. The normalized spacial score (nSPS) is 10.2. The summed E-state index contributed by atoms with van der Waals surface area (Å²) in [5, 5.41) is 0. The van der Waals surface area contributed by atoms with E-state index in [4.69, 9.17) is 5.84 Å². The van der Waals surface area contributed by atoms with Gasteiger partial charge in [0, 0.05) is 25.6 Å². The molecule has 0 spiro atoms. The molecule has 0 aliphatic heterocycles. The van der Waals surface area contributed by atoms with E-state index in [9.17, 15) is 0 Å². The van der Waals surface area contributed by atoms with Gasteiger partial charge in [0.25, 0.3) is 0 Å². The van der Waals surface area contributed by atoms with E-state index in [1.54, 1.807) is 0 Å². The minimum absolute atomic E-state index is 0.681. The average Bonchev–Trinajstić information content (AvgIpc) is 2.31. The zero-order chi connectivity index (χ0) is 12.0. The third-order valence-corrected chi connectivity index (χ3v) is 2.47. The second-order valence-electron chi connectivity index (χ2n) is 3.59. The minimum Gasteiger partial charge on any atom is -0.357 e. The summed E-state index contributed by atoms with van der Waals surface area (Å²) >= 11 is 0. The second kappa shape index (κ2) is 6.27. The van der Waals surface area contributed by atoms with Crippen LogP contribution in [0.4, 0.5) is 11.6 Å². The lowest BCUT2D eigenvalue weighted by molar-refractivity contribution is 0.797. The number of nitrogens with zero attached hydrogens (tertiary/aromatic N) is 3. The van der Waals surface area contributed by atoms with Crippen molar-refractivity contribution in [1.82, 2.24) is 9.97 Å². The van der Waals surface area contributed by atoms with Crippen molar-refractivity contribution in [2.45, 2.75) is 33.6 Å². The number of nitrogens with two attached hydrogens (primary N) is 1. The summed E-state index contributed by atoms with van der Waals surface area (Å²) in [5.41, 5.74) is 2.59. The molecule has 0 saturated carbocycles. The predicted molar refractivity (Wildman–Crippen MR) is 67.4 cm³/mol. The van der Waals surface area contributed by atoms with Gasteiger partial charge >= 0.3 is 0 Å². The number of rotatable bonds is 6. The van der Waals surface area contributed by atoms with E-state index in [1.165, 1.54) is 0 Å². The van der Waals surface area contributed by atoms with E-state index in [0.717, 1.165) is 37.6 Å². The molecule has 0 saturated heterocycles. The van der Waals surface area contributed by atoms with Crippen molar-refractivity contribution < 1.29 is 0 Å². The van der Waals surface area contributed by atoms with E-state index in [2.05, 4.69) is 41.1 Å². The molecule has 1 aromatic heterocycles. The predicted octanol–water partition coefficient (Wildman–Crippen LogP) is 1.56. The quantitative estimate of drug-likeness (QED) is 0.566. The van der Waals surface area contributed by atoms with E-state index >= 15 is 0 Å². The second-order valence-corrected chi connectivity index (χ2v) is 3.59. The van der Waals surface area contributed by atoms with Gasteiger partial charge in [0.15, 0.2) is 0 Å². The molecule has 1 aromatic rings. The number of aryl methyl sites for hydroxylation is 1. The van der Waals surface area contributed by atoms with Crippen LogP contribution in [0, 0.1) is 0 Å². The number of hydrogen-bond donors (Lipinski definition) is 2. The maximum atomic E-state index is 5.41. The van der Waals surface area contributed by atoms with Crippen molar-refractivity contribution in [3.63, 3.8) is 0 Å². The van der Waals surface area contributed by atoms with Gasteiger partial charge in [0.1, 0.15) is 17.5 Å². The van der Waals surface area contributed by atoms with Crippen LogP contribution in [0.5, 0.6) is 0 Å². The van der Waals surface area contributed by atoms with Crippen LogP contribution in [-0.4, -0.2) is 23.1 Å². The van der Waals surface area contributed by atoms with Crippen LogP contribution >= 0.6 is 0 Å². The van der Waals surface area contributed by atoms with E-state index in [0.29, 0.717) is 5.82 Å². The Labute approximate surface area is 97.0 Å². The summed E-state index contributed by atoms with van der Waals surface area (Å²) in [6.45, 7) is 8.20. The summed E-state index contributed by atoms with van der Waals surface area (Å²) in [5.74, 6) is 7.88. The molecule has 0 amide bonds. The third kappa shape index (κ3) is 3.06. The fourth-order valence-corrected chi connectivity index (χ4v) is 1.60. The highest BCUT2D eigenvalue weighted by molar-refractivity contribution is 5.48. The first-order chi connectivity index (χ1) is 7.74. The number of aromatic nitrogens is 2. The zero-order valence-electron chi connectivity index (χ0n) is 10.3. The van der Waals surface area contributed by atoms with Crippen LogP contribution in [0.3, 0.4) is 0 Å². The Balaban J connectivity index is 3.02. The van der Waals surface area contributed by atoms with Gasteiger partial charge in [-0.25, -0.2) is 15.8 Å². The monoisotopic (exact) mass is 223 g/mol. The van der Waals surface area contributed by atoms with Crippen LogP contribution in [0.15, 0.2) is 6.07 Å². The topological polar surface area (TPSA) is 67.1 Å². The number of nitrogens with one attached hydrogen (secondary N) is 1. The molecule has 0 atom stereocenters. The molecule has 16 heavy (non-hydrogen) atoms. The molecule has 0 aromatic carbocycles. The van der Waals surface area contributed by atoms with Crippen LogP contribution in [0.2, 0.25) is 0 Å². The molecule has 5 nitrogen and oxygen atoms in total. The first-order valence-electron chi connectivity index (χ1n) is 5.84. The summed E-state index contributed by atoms with van der Waals surface area (Å²) in [7, 11) is 0. The third-order valence-electron chi connectivity index (χ3n) is 2.47. The molecule has 0 unspecified atom stereocenters. The van der Waals surface area contributed by atoms with Gasteiger partial charge < -0.3 is 10.3 Å². The lowest BCUT2D eigenvalue weighted by Crippen LogP contribution is -2.24. The molecular weight excluding hydrogens is 202 g/mol. The first-order valence-corrected chi connectivity index (χ1v) is 5.84. The molecular formula is C11H21N5. The highest BCUT2D eigenvalue weighted by Crippen LogP contribution is 2.15. The van der Waals surface area contributed by atoms with Gasteiger partial charge in [-0.2, -0.15) is 0 Å². The Kier molecular flexibility index (Phi) is 4.98. The Morgan fingerprint density at radius 3 is 2.44 bits per heavy atom. The molecule has 0 radical (unpaired) electrons. The smallest absolute Gasteiger partial charge is 0.145 e. The largest absolute Gasteiger partial charge is 0.357 e. The Hall–Kier alpha value is -1.36. The van der Waals surface area contributed by atoms with Gasteiger partial charge in [-0.05, 0) is 20.3 Å². The molecule has 3 N–H and O–H groups in total. The number of hydrogen-bond acceptors (Lipinski definition) is 5. The Morgan fingerprint density at radius 2 is 1.94 bits per heavy atom. The first kappa shape index (κ1) is 12.7. The van der Waals surface area contributed by atoms with E-state index in [1.807, 2.05) is 6.07 Å². The Bertz CT molecular complexity index is 322. The van der Waals surface area contributed by atoms with Crippen molar-refractivity contribution in [2.24, 2.45) is 5.84 Å². The highest BCUT2D eigenvalue weighted by atomic mass is 15.3. The van der Waals surface area contributed by atoms with Crippen molar-refractivity contribution in [3.05, 3.63) is 11.9 Å². The van der Waals surface area contributed by atoms with Gasteiger partial charge in [0.2, 0.25) is 0 Å². The van der Waals surface area contributed by atoms with Crippen LogP contribution in [0.25, 0.3) is 0 Å².